The average molecular weight is 407 g/mol. The molecule has 1 aromatic carbocycles. The number of halogens is 4. The fourth-order valence-electron chi connectivity index (χ4n) is 2.55. The largest absolute Gasteiger partial charge is 0.573 e. The summed E-state index contributed by atoms with van der Waals surface area (Å²) in [6, 6.07) is 9.16. The zero-order chi connectivity index (χ0) is 21.0. The molecule has 2 aromatic heterocycles. The van der Waals surface area contributed by atoms with Gasteiger partial charge in [-0.3, -0.25) is 14.6 Å². The molecule has 0 aliphatic rings. The van der Waals surface area contributed by atoms with Gasteiger partial charge in [0.25, 0.3) is 5.91 Å². The number of carbonyl (C=O) groups is 1. The van der Waals surface area contributed by atoms with Gasteiger partial charge in [-0.2, -0.15) is 0 Å². The van der Waals surface area contributed by atoms with Crippen LogP contribution in [0.5, 0.6) is 5.75 Å². The summed E-state index contributed by atoms with van der Waals surface area (Å²) in [4.78, 5) is 30.1. The predicted molar refractivity (Wildman–Crippen MR) is 93.7 cm³/mol. The Kier molecular flexibility index (Phi) is 5.62. The quantitative estimate of drug-likeness (QED) is 0.636. The van der Waals surface area contributed by atoms with E-state index >= 15 is 0 Å². The molecule has 2 N–H and O–H groups in total. The molecule has 0 bridgehead atoms. The summed E-state index contributed by atoms with van der Waals surface area (Å²) in [5, 5.41) is 2.63. The number of nitrogens with one attached hydrogen (secondary N) is 2. The summed E-state index contributed by atoms with van der Waals surface area (Å²) < 4.78 is 54.8. The smallest absolute Gasteiger partial charge is 0.403 e. The first-order valence-corrected chi connectivity index (χ1v) is 8.18. The van der Waals surface area contributed by atoms with Crippen LogP contribution in [0.4, 0.5) is 17.6 Å². The van der Waals surface area contributed by atoms with E-state index in [1.54, 1.807) is 18.2 Å². The SMILES string of the molecule is O=C(NC(c1ccc(OC(F)(F)F)c(F)c1)c1ccccn1)c1ccc(=O)[nH]c1. The first-order valence-electron chi connectivity index (χ1n) is 8.18. The number of aromatic amines is 1. The molecule has 2 heterocycles. The summed E-state index contributed by atoms with van der Waals surface area (Å²) in [7, 11) is 0. The molecule has 1 unspecified atom stereocenters. The van der Waals surface area contributed by atoms with Crippen molar-refractivity contribution in [3.05, 3.63) is 93.9 Å². The van der Waals surface area contributed by atoms with Gasteiger partial charge < -0.3 is 15.0 Å². The lowest BCUT2D eigenvalue weighted by Crippen LogP contribution is -2.30. The normalized spacial score (nSPS) is 12.3. The van der Waals surface area contributed by atoms with Gasteiger partial charge in [-0.1, -0.05) is 12.1 Å². The lowest BCUT2D eigenvalue weighted by molar-refractivity contribution is -0.275. The van der Waals surface area contributed by atoms with Gasteiger partial charge in [0.1, 0.15) is 0 Å². The van der Waals surface area contributed by atoms with Crippen LogP contribution < -0.4 is 15.6 Å². The third-order valence-corrected chi connectivity index (χ3v) is 3.82. The van der Waals surface area contributed by atoms with Crippen LogP contribution in [0, 0.1) is 5.82 Å². The highest BCUT2D eigenvalue weighted by Gasteiger charge is 2.32. The molecule has 0 saturated carbocycles. The number of alkyl halides is 3. The number of hydrogen-bond acceptors (Lipinski definition) is 4. The standard InChI is InChI=1S/C19H13F4N3O3/c20-13-9-11(4-6-15(13)29-19(21,22)23)17(14-3-1-2-8-24-14)26-18(28)12-5-7-16(27)25-10-12/h1-10,17H,(H,25,27)(H,26,28). The van der Waals surface area contributed by atoms with E-state index in [-0.39, 0.29) is 11.1 Å². The van der Waals surface area contributed by atoms with Crippen molar-refractivity contribution in [3.63, 3.8) is 0 Å². The number of benzene rings is 1. The maximum Gasteiger partial charge on any atom is 0.573 e. The molecule has 0 spiro atoms. The molecule has 150 valence electrons. The molecule has 3 aromatic rings. The van der Waals surface area contributed by atoms with Gasteiger partial charge in [-0.05, 0) is 35.9 Å². The molecule has 1 atom stereocenters. The zero-order valence-corrected chi connectivity index (χ0v) is 14.5. The molecule has 1 amide bonds. The number of pyridine rings is 2. The van der Waals surface area contributed by atoms with E-state index in [0.717, 1.165) is 18.2 Å². The number of ether oxygens (including phenoxy) is 1. The average Bonchev–Trinajstić information content (AvgIpc) is 2.68. The summed E-state index contributed by atoms with van der Waals surface area (Å²) in [5.74, 6) is -2.85. The number of carbonyl (C=O) groups excluding carboxylic acids is 1. The maximum atomic E-state index is 14.2. The second-order valence-corrected chi connectivity index (χ2v) is 5.84. The van der Waals surface area contributed by atoms with Crippen LogP contribution in [0.3, 0.4) is 0 Å². The van der Waals surface area contributed by atoms with Crippen molar-refractivity contribution >= 4 is 5.91 Å². The van der Waals surface area contributed by atoms with Crippen LogP contribution in [-0.2, 0) is 0 Å². The van der Waals surface area contributed by atoms with Crippen LogP contribution in [0.1, 0.15) is 27.7 Å². The molecular formula is C19H13F4N3O3. The third-order valence-electron chi connectivity index (χ3n) is 3.82. The van der Waals surface area contributed by atoms with Crippen LogP contribution in [0.15, 0.2) is 65.7 Å². The van der Waals surface area contributed by atoms with E-state index in [4.69, 9.17) is 0 Å². The monoisotopic (exact) mass is 407 g/mol. The third kappa shape index (κ3) is 5.18. The van der Waals surface area contributed by atoms with Gasteiger partial charge in [-0.15, -0.1) is 13.2 Å². The van der Waals surface area contributed by atoms with E-state index in [0.29, 0.717) is 5.69 Å². The molecule has 3 rings (SSSR count). The van der Waals surface area contributed by atoms with Gasteiger partial charge in [0.05, 0.1) is 17.3 Å². The number of H-pyrrole nitrogens is 1. The van der Waals surface area contributed by atoms with Gasteiger partial charge in [0, 0.05) is 18.5 Å². The Morgan fingerprint density at radius 2 is 1.93 bits per heavy atom. The fraction of sp³-hybridized carbons (Fsp3) is 0.105. The predicted octanol–water partition coefficient (Wildman–Crippen LogP) is 3.33. The molecule has 6 nitrogen and oxygen atoms in total. The second kappa shape index (κ2) is 8.13. The topological polar surface area (TPSA) is 84.1 Å². The number of rotatable bonds is 5. The van der Waals surface area contributed by atoms with E-state index in [2.05, 4.69) is 20.0 Å². The Balaban J connectivity index is 1.94. The summed E-state index contributed by atoms with van der Waals surface area (Å²) in [6.45, 7) is 0. The zero-order valence-electron chi connectivity index (χ0n) is 14.5. The van der Waals surface area contributed by atoms with Crippen molar-refractivity contribution < 1.29 is 27.1 Å². The van der Waals surface area contributed by atoms with Crippen LogP contribution in [0.25, 0.3) is 0 Å². The van der Waals surface area contributed by atoms with E-state index in [1.165, 1.54) is 24.5 Å². The Hall–Kier alpha value is -3.69. The molecule has 0 aliphatic carbocycles. The minimum atomic E-state index is -5.04. The minimum Gasteiger partial charge on any atom is -0.403 e. The highest BCUT2D eigenvalue weighted by molar-refractivity contribution is 5.94. The van der Waals surface area contributed by atoms with Crippen LogP contribution in [-0.4, -0.2) is 22.2 Å². The molecular weight excluding hydrogens is 394 g/mol. The van der Waals surface area contributed by atoms with Crippen molar-refractivity contribution in [1.29, 1.82) is 0 Å². The van der Waals surface area contributed by atoms with E-state index in [1.807, 2.05) is 0 Å². The number of amides is 1. The van der Waals surface area contributed by atoms with Crippen LogP contribution in [0.2, 0.25) is 0 Å². The van der Waals surface area contributed by atoms with Gasteiger partial charge in [-0.25, -0.2) is 4.39 Å². The number of hydrogen-bond donors (Lipinski definition) is 2. The van der Waals surface area contributed by atoms with Gasteiger partial charge >= 0.3 is 6.36 Å². The minimum absolute atomic E-state index is 0.128. The molecule has 0 radical (unpaired) electrons. The highest BCUT2D eigenvalue weighted by atomic mass is 19.4. The van der Waals surface area contributed by atoms with Crippen molar-refractivity contribution in [2.24, 2.45) is 0 Å². The first-order chi connectivity index (χ1) is 13.7. The Morgan fingerprint density at radius 1 is 1.14 bits per heavy atom. The van der Waals surface area contributed by atoms with Crippen LogP contribution >= 0.6 is 0 Å². The molecule has 0 saturated heterocycles. The Bertz CT molecular complexity index is 1050. The number of aromatic nitrogens is 2. The van der Waals surface area contributed by atoms with Crippen molar-refractivity contribution in [2.75, 3.05) is 0 Å². The Labute approximate surface area is 161 Å². The summed E-state index contributed by atoms with van der Waals surface area (Å²) >= 11 is 0. The Morgan fingerprint density at radius 3 is 2.52 bits per heavy atom. The van der Waals surface area contributed by atoms with Crippen molar-refractivity contribution in [3.8, 4) is 5.75 Å². The first kappa shape index (κ1) is 20.1. The van der Waals surface area contributed by atoms with Crippen molar-refractivity contribution in [1.82, 2.24) is 15.3 Å². The molecule has 0 aliphatic heterocycles. The fourth-order valence-corrected chi connectivity index (χ4v) is 2.55. The lowest BCUT2D eigenvalue weighted by atomic mass is 10.0. The second-order valence-electron chi connectivity index (χ2n) is 5.84. The van der Waals surface area contributed by atoms with Gasteiger partial charge in [0.15, 0.2) is 11.6 Å². The van der Waals surface area contributed by atoms with E-state index < -0.39 is 35.4 Å². The molecule has 10 heteroatoms. The molecule has 29 heavy (non-hydrogen) atoms. The summed E-state index contributed by atoms with van der Waals surface area (Å²) in [5.41, 5.74) is 0.204. The maximum absolute atomic E-state index is 14.2. The number of nitrogens with zero attached hydrogens (tertiary/aromatic N) is 1. The summed E-state index contributed by atoms with van der Waals surface area (Å²) in [6.07, 6.45) is -2.39. The molecule has 0 fully saturated rings. The van der Waals surface area contributed by atoms with E-state index in [9.17, 15) is 27.2 Å². The lowest BCUT2D eigenvalue weighted by Gasteiger charge is -2.20. The highest BCUT2D eigenvalue weighted by Crippen LogP contribution is 2.29. The van der Waals surface area contributed by atoms with Gasteiger partial charge in [0.2, 0.25) is 5.56 Å². The van der Waals surface area contributed by atoms with Crippen molar-refractivity contribution in [2.45, 2.75) is 12.4 Å².